The van der Waals surface area contributed by atoms with Crippen LogP contribution in [0.4, 0.5) is 5.69 Å². The van der Waals surface area contributed by atoms with E-state index in [1.54, 1.807) is 6.07 Å². The first kappa shape index (κ1) is 13.9. The summed E-state index contributed by atoms with van der Waals surface area (Å²) in [6.45, 7) is 4.04. The highest BCUT2D eigenvalue weighted by molar-refractivity contribution is 5.99. The molecule has 1 fully saturated rings. The molecule has 3 heteroatoms. The molecule has 0 spiro atoms. The fourth-order valence-electron chi connectivity index (χ4n) is 2.92. The molecule has 0 radical (unpaired) electrons. The molecule has 3 nitrogen and oxygen atoms in total. The van der Waals surface area contributed by atoms with Gasteiger partial charge in [0.2, 0.25) is 0 Å². The van der Waals surface area contributed by atoms with Crippen LogP contribution in [0.25, 0.3) is 0 Å². The van der Waals surface area contributed by atoms with E-state index >= 15 is 0 Å². The van der Waals surface area contributed by atoms with Crippen LogP contribution in [0.2, 0.25) is 0 Å². The van der Waals surface area contributed by atoms with Crippen molar-refractivity contribution < 1.29 is 4.79 Å². The maximum atomic E-state index is 12.3. The molecule has 0 bridgehead atoms. The highest BCUT2D eigenvalue weighted by atomic mass is 16.1. The van der Waals surface area contributed by atoms with Crippen molar-refractivity contribution in [2.75, 3.05) is 5.73 Å². The van der Waals surface area contributed by atoms with Crippen LogP contribution < -0.4 is 11.1 Å². The van der Waals surface area contributed by atoms with Crippen molar-refractivity contribution in [2.45, 2.75) is 52.0 Å². The van der Waals surface area contributed by atoms with E-state index in [4.69, 9.17) is 5.73 Å². The molecule has 1 atom stereocenters. The van der Waals surface area contributed by atoms with Gasteiger partial charge in [-0.05, 0) is 44.2 Å². The van der Waals surface area contributed by atoms with Gasteiger partial charge in [0.05, 0.1) is 5.56 Å². The SMILES string of the molecule is Cc1cccc(C(=O)NC(C)C2CCCCC2)c1N. The van der Waals surface area contributed by atoms with Crippen LogP contribution in [-0.2, 0) is 0 Å². The molecule has 1 aliphatic rings. The molecule has 1 aromatic rings. The molecular formula is C16H24N2O. The number of nitrogens with one attached hydrogen (secondary N) is 1. The summed E-state index contributed by atoms with van der Waals surface area (Å²) in [5, 5.41) is 3.12. The zero-order valence-corrected chi connectivity index (χ0v) is 11.9. The summed E-state index contributed by atoms with van der Waals surface area (Å²) >= 11 is 0. The molecule has 3 N–H and O–H groups in total. The van der Waals surface area contributed by atoms with Gasteiger partial charge in [0, 0.05) is 11.7 Å². The molecule has 19 heavy (non-hydrogen) atoms. The summed E-state index contributed by atoms with van der Waals surface area (Å²) in [4.78, 5) is 12.3. The summed E-state index contributed by atoms with van der Waals surface area (Å²) in [5.41, 5.74) is 8.13. The van der Waals surface area contributed by atoms with Crippen molar-refractivity contribution >= 4 is 11.6 Å². The van der Waals surface area contributed by atoms with E-state index in [1.807, 2.05) is 19.1 Å². The van der Waals surface area contributed by atoms with Gasteiger partial charge < -0.3 is 11.1 Å². The summed E-state index contributed by atoms with van der Waals surface area (Å²) in [5.74, 6) is 0.572. The number of benzene rings is 1. The van der Waals surface area contributed by atoms with E-state index in [-0.39, 0.29) is 11.9 Å². The number of carbonyl (C=O) groups excluding carboxylic acids is 1. The summed E-state index contributed by atoms with van der Waals surface area (Å²) in [6, 6.07) is 5.83. The molecule has 1 unspecified atom stereocenters. The van der Waals surface area contributed by atoms with Crippen molar-refractivity contribution in [3.63, 3.8) is 0 Å². The lowest BCUT2D eigenvalue weighted by atomic mass is 9.84. The molecule has 1 aromatic carbocycles. The van der Waals surface area contributed by atoms with Crippen LogP contribution in [0.15, 0.2) is 18.2 Å². The number of nitrogen functional groups attached to an aromatic ring is 1. The Morgan fingerprint density at radius 1 is 1.32 bits per heavy atom. The first-order valence-electron chi connectivity index (χ1n) is 7.25. The Balaban J connectivity index is 2.02. The first-order chi connectivity index (χ1) is 9.09. The normalized spacial score (nSPS) is 18.0. The topological polar surface area (TPSA) is 55.1 Å². The van der Waals surface area contributed by atoms with E-state index in [2.05, 4.69) is 12.2 Å². The first-order valence-corrected chi connectivity index (χ1v) is 7.25. The Morgan fingerprint density at radius 2 is 2.00 bits per heavy atom. The Bertz CT molecular complexity index is 450. The van der Waals surface area contributed by atoms with Crippen molar-refractivity contribution in [3.8, 4) is 0 Å². The molecular weight excluding hydrogens is 236 g/mol. The Kier molecular flexibility index (Phi) is 4.46. The van der Waals surface area contributed by atoms with Crippen LogP contribution >= 0.6 is 0 Å². The summed E-state index contributed by atoms with van der Waals surface area (Å²) in [7, 11) is 0. The maximum Gasteiger partial charge on any atom is 0.253 e. The minimum atomic E-state index is -0.0423. The number of amides is 1. The number of rotatable bonds is 3. The minimum Gasteiger partial charge on any atom is -0.398 e. The minimum absolute atomic E-state index is 0.0423. The molecule has 0 heterocycles. The third-order valence-corrected chi connectivity index (χ3v) is 4.28. The lowest BCUT2D eigenvalue weighted by Crippen LogP contribution is -2.39. The van der Waals surface area contributed by atoms with Gasteiger partial charge in [0.1, 0.15) is 0 Å². The highest BCUT2D eigenvalue weighted by Crippen LogP contribution is 2.26. The molecule has 1 aliphatic carbocycles. The third kappa shape index (κ3) is 3.28. The van der Waals surface area contributed by atoms with Gasteiger partial charge in [0.15, 0.2) is 0 Å². The molecule has 0 aliphatic heterocycles. The predicted octanol–water partition coefficient (Wildman–Crippen LogP) is 3.28. The van der Waals surface area contributed by atoms with Gasteiger partial charge in [-0.15, -0.1) is 0 Å². The van der Waals surface area contributed by atoms with Gasteiger partial charge in [-0.1, -0.05) is 31.4 Å². The second-order valence-corrected chi connectivity index (χ2v) is 5.70. The quantitative estimate of drug-likeness (QED) is 0.819. The molecule has 1 amide bonds. The lowest BCUT2D eigenvalue weighted by molar-refractivity contribution is 0.0920. The zero-order chi connectivity index (χ0) is 13.8. The maximum absolute atomic E-state index is 12.3. The predicted molar refractivity (Wildman–Crippen MR) is 79.1 cm³/mol. The number of nitrogens with two attached hydrogens (primary N) is 1. The second-order valence-electron chi connectivity index (χ2n) is 5.70. The monoisotopic (exact) mass is 260 g/mol. The Hall–Kier alpha value is -1.51. The van der Waals surface area contributed by atoms with E-state index in [0.29, 0.717) is 17.2 Å². The fraction of sp³-hybridized carbons (Fsp3) is 0.562. The van der Waals surface area contributed by atoms with Gasteiger partial charge in [0.25, 0.3) is 5.91 Å². The zero-order valence-electron chi connectivity index (χ0n) is 11.9. The Labute approximate surface area is 115 Å². The number of carbonyl (C=O) groups is 1. The number of aryl methyl sites for hydroxylation is 1. The van der Waals surface area contributed by atoms with Crippen molar-refractivity contribution in [1.82, 2.24) is 5.32 Å². The van der Waals surface area contributed by atoms with E-state index in [0.717, 1.165) is 5.56 Å². The summed E-state index contributed by atoms with van der Waals surface area (Å²) < 4.78 is 0. The number of hydrogen-bond acceptors (Lipinski definition) is 2. The standard InChI is InChI=1S/C16H24N2O/c1-11-7-6-10-14(15(11)17)16(19)18-12(2)13-8-4-3-5-9-13/h6-7,10,12-13H,3-5,8-9,17H2,1-2H3,(H,18,19). The van der Waals surface area contributed by atoms with Crippen LogP contribution in [0.1, 0.15) is 54.9 Å². The average Bonchev–Trinajstić information content (AvgIpc) is 2.42. The van der Waals surface area contributed by atoms with Crippen LogP contribution in [0, 0.1) is 12.8 Å². The van der Waals surface area contributed by atoms with Crippen LogP contribution in [0.5, 0.6) is 0 Å². The third-order valence-electron chi connectivity index (χ3n) is 4.28. The molecule has 104 valence electrons. The van der Waals surface area contributed by atoms with Gasteiger partial charge >= 0.3 is 0 Å². The van der Waals surface area contributed by atoms with E-state index in [9.17, 15) is 4.79 Å². The summed E-state index contributed by atoms with van der Waals surface area (Å²) in [6.07, 6.45) is 6.37. The van der Waals surface area contributed by atoms with Gasteiger partial charge in [-0.3, -0.25) is 4.79 Å². The van der Waals surface area contributed by atoms with Gasteiger partial charge in [-0.2, -0.15) is 0 Å². The molecule has 0 saturated heterocycles. The fourth-order valence-corrected chi connectivity index (χ4v) is 2.92. The van der Waals surface area contributed by atoms with Gasteiger partial charge in [-0.25, -0.2) is 0 Å². The van der Waals surface area contributed by atoms with Crippen LogP contribution in [-0.4, -0.2) is 11.9 Å². The highest BCUT2D eigenvalue weighted by Gasteiger charge is 2.22. The second kappa shape index (κ2) is 6.09. The van der Waals surface area contributed by atoms with E-state index in [1.165, 1.54) is 32.1 Å². The lowest BCUT2D eigenvalue weighted by Gasteiger charge is -2.28. The number of para-hydroxylation sites is 1. The molecule has 1 saturated carbocycles. The average molecular weight is 260 g/mol. The van der Waals surface area contributed by atoms with Crippen LogP contribution in [0.3, 0.4) is 0 Å². The number of hydrogen-bond donors (Lipinski definition) is 2. The Morgan fingerprint density at radius 3 is 2.68 bits per heavy atom. The number of anilines is 1. The van der Waals surface area contributed by atoms with Crippen molar-refractivity contribution in [1.29, 1.82) is 0 Å². The molecule has 0 aromatic heterocycles. The van der Waals surface area contributed by atoms with Crippen molar-refractivity contribution in [2.24, 2.45) is 5.92 Å². The largest absolute Gasteiger partial charge is 0.398 e. The van der Waals surface area contributed by atoms with E-state index < -0.39 is 0 Å². The smallest absolute Gasteiger partial charge is 0.253 e. The molecule has 2 rings (SSSR count). The van der Waals surface area contributed by atoms with Crippen molar-refractivity contribution in [3.05, 3.63) is 29.3 Å².